The SMILES string of the molecule is CCOC(=O)[C@H](C)N1C(=O)S/C(=C/c2cc(Cl)c(OCC(=O)O)c(OC)c2)C1=O. The van der Waals surface area contributed by atoms with Crippen molar-refractivity contribution < 1.29 is 38.5 Å². The summed E-state index contributed by atoms with van der Waals surface area (Å²) in [6.07, 6.45) is 1.41. The fraction of sp³-hybridized carbons (Fsp3) is 0.333. The maximum absolute atomic E-state index is 12.6. The van der Waals surface area contributed by atoms with Gasteiger partial charge in [-0.15, -0.1) is 0 Å². The summed E-state index contributed by atoms with van der Waals surface area (Å²) in [6.45, 7) is 2.55. The summed E-state index contributed by atoms with van der Waals surface area (Å²) >= 11 is 6.82. The van der Waals surface area contributed by atoms with Crippen molar-refractivity contribution in [2.45, 2.75) is 19.9 Å². The Bertz CT molecular complexity index is 885. The van der Waals surface area contributed by atoms with Crippen LogP contribution < -0.4 is 9.47 Å². The summed E-state index contributed by atoms with van der Waals surface area (Å²) in [5.41, 5.74) is 0.420. The van der Waals surface area contributed by atoms with Crippen molar-refractivity contribution in [1.29, 1.82) is 0 Å². The molecule has 1 aromatic carbocycles. The van der Waals surface area contributed by atoms with Gasteiger partial charge in [0.05, 0.1) is 23.6 Å². The number of amides is 2. The molecule has 0 bridgehead atoms. The molecule has 2 rings (SSSR count). The lowest BCUT2D eigenvalue weighted by atomic mass is 10.1. The average molecular weight is 444 g/mol. The second-order valence-electron chi connectivity index (χ2n) is 5.70. The van der Waals surface area contributed by atoms with Gasteiger partial charge in [0.2, 0.25) is 0 Å². The fourth-order valence-corrected chi connectivity index (χ4v) is 3.61. The summed E-state index contributed by atoms with van der Waals surface area (Å²) in [5, 5.41) is 8.21. The highest BCUT2D eigenvalue weighted by atomic mass is 35.5. The van der Waals surface area contributed by atoms with E-state index in [0.717, 1.165) is 4.90 Å². The lowest BCUT2D eigenvalue weighted by Crippen LogP contribution is -2.42. The molecule has 1 N–H and O–H groups in total. The van der Waals surface area contributed by atoms with Crippen LogP contribution in [-0.2, 0) is 19.1 Å². The molecule has 0 unspecified atom stereocenters. The molecule has 1 atom stereocenters. The number of carboxylic acids is 1. The van der Waals surface area contributed by atoms with Crippen molar-refractivity contribution in [2.24, 2.45) is 0 Å². The third-order valence-corrected chi connectivity index (χ3v) is 4.89. The van der Waals surface area contributed by atoms with Crippen LogP contribution in [0.4, 0.5) is 4.79 Å². The molecule has 1 aliphatic heterocycles. The minimum atomic E-state index is -1.18. The minimum absolute atomic E-state index is 0.0396. The van der Waals surface area contributed by atoms with Crippen molar-refractivity contribution in [3.8, 4) is 11.5 Å². The highest BCUT2D eigenvalue weighted by Crippen LogP contribution is 2.39. The number of benzene rings is 1. The van der Waals surface area contributed by atoms with Crippen LogP contribution in [0.3, 0.4) is 0 Å². The quantitative estimate of drug-likeness (QED) is 0.477. The van der Waals surface area contributed by atoms with Crippen LogP contribution in [0.5, 0.6) is 11.5 Å². The maximum Gasteiger partial charge on any atom is 0.341 e. The van der Waals surface area contributed by atoms with Crippen LogP contribution in [0, 0.1) is 0 Å². The number of aliphatic carboxylic acids is 1. The highest BCUT2D eigenvalue weighted by Gasteiger charge is 2.41. The minimum Gasteiger partial charge on any atom is -0.493 e. The van der Waals surface area contributed by atoms with Crippen molar-refractivity contribution in [3.63, 3.8) is 0 Å². The van der Waals surface area contributed by atoms with Crippen molar-refractivity contribution in [3.05, 3.63) is 27.6 Å². The average Bonchev–Trinajstić information content (AvgIpc) is 2.93. The molecule has 1 fully saturated rings. The Hall–Kier alpha value is -2.72. The Balaban J connectivity index is 2.31. The molecule has 0 spiro atoms. The Morgan fingerprint density at radius 2 is 2.03 bits per heavy atom. The molecule has 0 aliphatic carbocycles. The first kappa shape index (κ1) is 22.6. The summed E-state index contributed by atoms with van der Waals surface area (Å²) in [5.74, 6) is -2.30. The molecule has 0 radical (unpaired) electrons. The van der Waals surface area contributed by atoms with Gasteiger partial charge in [-0.1, -0.05) is 11.6 Å². The number of hydrogen-bond donors (Lipinski definition) is 1. The van der Waals surface area contributed by atoms with Crippen LogP contribution in [0.15, 0.2) is 17.0 Å². The van der Waals surface area contributed by atoms with Crippen LogP contribution in [-0.4, -0.2) is 59.5 Å². The van der Waals surface area contributed by atoms with Gasteiger partial charge in [0, 0.05) is 0 Å². The summed E-state index contributed by atoms with van der Waals surface area (Å²) in [6, 6.07) is 1.86. The molecule has 0 saturated carbocycles. The number of rotatable bonds is 8. The molecular weight excluding hydrogens is 426 g/mol. The van der Waals surface area contributed by atoms with Gasteiger partial charge in [0.15, 0.2) is 18.1 Å². The predicted molar refractivity (Wildman–Crippen MR) is 105 cm³/mol. The number of nitrogens with zero attached hydrogens (tertiary/aromatic N) is 1. The predicted octanol–water partition coefficient (Wildman–Crippen LogP) is 2.80. The van der Waals surface area contributed by atoms with Gasteiger partial charge in [0.25, 0.3) is 11.1 Å². The smallest absolute Gasteiger partial charge is 0.341 e. The first-order valence-corrected chi connectivity index (χ1v) is 9.54. The van der Waals surface area contributed by atoms with Crippen LogP contribution in [0.25, 0.3) is 6.08 Å². The van der Waals surface area contributed by atoms with E-state index in [2.05, 4.69) is 0 Å². The van der Waals surface area contributed by atoms with E-state index in [4.69, 9.17) is 30.9 Å². The van der Waals surface area contributed by atoms with Gasteiger partial charge >= 0.3 is 11.9 Å². The number of esters is 1. The molecule has 29 heavy (non-hydrogen) atoms. The summed E-state index contributed by atoms with van der Waals surface area (Å²) in [4.78, 5) is 48.3. The molecule has 1 saturated heterocycles. The first-order valence-electron chi connectivity index (χ1n) is 8.35. The second-order valence-corrected chi connectivity index (χ2v) is 7.10. The maximum atomic E-state index is 12.6. The van der Waals surface area contributed by atoms with Gasteiger partial charge in [0.1, 0.15) is 6.04 Å². The molecular formula is C18H18ClNO8S. The second kappa shape index (κ2) is 9.66. The van der Waals surface area contributed by atoms with Gasteiger partial charge < -0.3 is 19.3 Å². The number of thioether (sulfide) groups is 1. The van der Waals surface area contributed by atoms with E-state index in [0.29, 0.717) is 17.3 Å². The monoisotopic (exact) mass is 443 g/mol. The molecule has 1 heterocycles. The van der Waals surface area contributed by atoms with Gasteiger partial charge in [-0.2, -0.15) is 0 Å². The number of ether oxygens (including phenoxy) is 3. The van der Waals surface area contributed by atoms with Crippen molar-refractivity contribution in [2.75, 3.05) is 20.3 Å². The zero-order chi connectivity index (χ0) is 21.7. The third-order valence-electron chi connectivity index (χ3n) is 3.73. The van der Waals surface area contributed by atoms with Crippen molar-refractivity contribution in [1.82, 2.24) is 4.90 Å². The highest BCUT2D eigenvalue weighted by molar-refractivity contribution is 8.18. The molecule has 156 valence electrons. The zero-order valence-corrected chi connectivity index (χ0v) is 17.3. The van der Waals surface area contributed by atoms with Crippen LogP contribution in [0.2, 0.25) is 5.02 Å². The Morgan fingerprint density at radius 3 is 2.62 bits per heavy atom. The number of carboxylic acid groups (broad SMARTS) is 1. The Kier molecular flexibility index (Phi) is 7.52. The molecule has 9 nitrogen and oxygen atoms in total. The van der Waals surface area contributed by atoms with Gasteiger partial charge in [-0.25, -0.2) is 9.59 Å². The normalized spacial score (nSPS) is 16.1. The summed E-state index contributed by atoms with van der Waals surface area (Å²) < 4.78 is 15.1. The number of imide groups is 1. The number of halogens is 1. The Labute approximate surface area is 175 Å². The topological polar surface area (TPSA) is 119 Å². The van der Waals surface area contributed by atoms with E-state index in [-0.39, 0.29) is 28.0 Å². The Morgan fingerprint density at radius 1 is 1.34 bits per heavy atom. The molecule has 1 aromatic rings. The standard InChI is InChI=1S/C18H18ClNO8S/c1-4-27-17(24)9(2)20-16(23)13(29-18(20)25)7-10-5-11(19)15(12(6-10)26-3)28-8-14(21)22/h5-7,9H,4,8H2,1-3H3,(H,21,22)/b13-7+/t9-/m0/s1. The molecule has 0 aromatic heterocycles. The number of hydrogen-bond acceptors (Lipinski definition) is 8. The number of methoxy groups -OCH3 is 1. The van der Waals surface area contributed by atoms with Crippen molar-refractivity contribution >= 4 is 52.5 Å². The fourth-order valence-electron chi connectivity index (χ4n) is 2.43. The molecule has 2 amide bonds. The van der Waals surface area contributed by atoms with E-state index < -0.39 is 35.7 Å². The summed E-state index contributed by atoms with van der Waals surface area (Å²) in [7, 11) is 1.35. The van der Waals surface area contributed by atoms with E-state index in [1.54, 1.807) is 6.92 Å². The number of carbonyl (C=O) groups is 4. The van der Waals surface area contributed by atoms with Crippen LogP contribution >= 0.6 is 23.4 Å². The van der Waals surface area contributed by atoms with E-state index in [1.165, 1.54) is 32.2 Å². The van der Waals surface area contributed by atoms with Gasteiger partial charge in [-0.05, 0) is 49.4 Å². The molecule has 11 heteroatoms. The first-order chi connectivity index (χ1) is 13.7. The lowest BCUT2D eigenvalue weighted by molar-refractivity contribution is -0.150. The zero-order valence-electron chi connectivity index (χ0n) is 15.8. The lowest BCUT2D eigenvalue weighted by Gasteiger charge is -2.19. The van der Waals surface area contributed by atoms with E-state index in [9.17, 15) is 19.2 Å². The largest absolute Gasteiger partial charge is 0.493 e. The number of carbonyl (C=O) groups excluding carboxylic acids is 3. The van der Waals surface area contributed by atoms with Gasteiger partial charge in [-0.3, -0.25) is 14.5 Å². The van der Waals surface area contributed by atoms with E-state index in [1.807, 2.05) is 0 Å². The third kappa shape index (κ3) is 5.21. The molecule has 1 aliphatic rings. The van der Waals surface area contributed by atoms with Crippen LogP contribution in [0.1, 0.15) is 19.4 Å². The van der Waals surface area contributed by atoms with E-state index >= 15 is 0 Å².